The Morgan fingerprint density at radius 3 is 0.533 bits per heavy atom. The molecule has 0 bridgehead atoms. The summed E-state index contributed by atoms with van der Waals surface area (Å²) in [4.78, 5) is 0. The van der Waals surface area contributed by atoms with Crippen LogP contribution in [0.4, 0.5) is 0 Å². The standard InChI is InChI=1S/C38H78O7/c1-3-5-7-9-11-13-15-17-19-21-23-25-39-27-29-41-31-33-43-35-37-45-38-36-44-34-32-42-30-28-40-26-24-22-20-18-16-14-12-10-8-6-4-2/h3-38H2,1-2H3. The van der Waals surface area contributed by atoms with E-state index in [1.807, 2.05) is 0 Å². The van der Waals surface area contributed by atoms with Crippen LogP contribution in [-0.2, 0) is 33.2 Å². The molecule has 0 aliphatic heterocycles. The number of unbranched alkanes of at least 4 members (excludes halogenated alkanes) is 20. The first kappa shape index (κ1) is 44.7. The molecule has 0 saturated heterocycles. The van der Waals surface area contributed by atoms with Gasteiger partial charge in [-0.2, -0.15) is 0 Å². The predicted molar refractivity (Wildman–Crippen MR) is 189 cm³/mol. The topological polar surface area (TPSA) is 64.6 Å². The number of ether oxygens (including phenoxy) is 7. The van der Waals surface area contributed by atoms with Crippen LogP contribution in [0.5, 0.6) is 0 Å². The Morgan fingerprint density at radius 2 is 0.333 bits per heavy atom. The van der Waals surface area contributed by atoms with Crippen LogP contribution in [0, 0.1) is 0 Å². The van der Waals surface area contributed by atoms with Gasteiger partial charge in [0.25, 0.3) is 0 Å². The summed E-state index contributed by atoms with van der Waals surface area (Å²) in [6, 6.07) is 0. The monoisotopic (exact) mass is 647 g/mol. The number of rotatable bonds is 42. The highest BCUT2D eigenvalue weighted by Gasteiger charge is 1.97. The molecule has 0 amide bonds. The van der Waals surface area contributed by atoms with Crippen LogP contribution in [0.25, 0.3) is 0 Å². The van der Waals surface area contributed by atoms with E-state index in [1.165, 1.54) is 128 Å². The summed E-state index contributed by atoms with van der Waals surface area (Å²) < 4.78 is 39.1. The van der Waals surface area contributed by atoms with Crippen LogP contribution in [0.2, 0.25) is 0 Å². The van der Waals surface area contributed by atoms with Crippen LogP contribution >= 0.6 is 0 Å². The summed E-state index contributed by atoms with van der Waals surface area (Å²) in [6.07, 6.45) is 30.0. The maximum atomic E-state index is 5.67. The lowest BCUT2D eigenvalue weighted by molar-refractivity contribution is -0.0206. The molecule has 0 aliphatic rings. The van der Waals surface area contributed by atoms with E-state index in [2.05, 4.69) is 13.8 Å². The van der Waals surface area contributed by atoms with E-state index in [-0.39, 0.29) is 0 Å². The zero-order valence-corrected chi connectivity index (χ0v) is 30.3. The number of hydrogen-bond acceptors (Lipinski definition) is 7. The third-order valence-corrected chi connectivity index (χ3v) is 8.02. The van der Waals surface area contributed by atoms with Crippen LogP contribution in [0.1, 0.15) is 155 Å². The highest BCUT2D eigenvalue weighted by Crippen LogP contribution is 2.12. The van der Waals surface area contributed by atoms with Crippen LogP contribution < -0.4 is 0 Å². The summed E-state index contributed by atoms with van der Waals surface area (Å²) in [5, 5.41) is 0. The molecule has 0 aromatic rings. The molecule has 0 aromatic carbocycles. The van der Waals surface area contributed by atoms with E-state index in [1.54, 1.807) is 0 Å². The molecule has 272 valence electrons. The van der Waals surface area contributed by atoms with Crippen LogP contribution in [0.15, 0.2) is 0 Å². The van der Waals surface area contributed by atoms with Crippen molar-refractivity contribution < 1.29 is 33.2 Å². The zero-order valence-electron chi connectivity index (χ0n) is 30.3. The quantitative estimate of drug-likeness (QED) is 0.0612. The van der Waals surface area contributed by atoms with Gasteiger partial charge in [-0.1, -0.05) is 142 Å². The molecule has 0 fully saturated rings. The predicted octanol–water partition coefficient (Wildman–Crippen LogP) is 9.72. The normalized spacial score (nSPS) is 11.6. The first-order valence-corrected chi connectivity index (χ1v) is 19.5. The Kier molecular flexibility index (Phi) is 43.4. The summed E-state index contributed by atoms with van der Waals surface area (Å²) in [5.41, 5.74) is 0. The van der Waals surface area contributed by atoms with E-state index in [4.69, 9.17) is 33.2 Å². The van der Waals surface area contributed by atoms with Gasteiger partial charge in [-0.3, -0.25) is 0 Å². The van der Waals surface area contributed by atoms with Gasteiger partial charge in [0.2, 0.25) is 0 Å². The lowest BCUT2D eigenvalue weighted by Gasteiger charge is -2.08. The molecule has 0 saturated carbocycles. The molecule has 0 atom stereocenters. The van der Waals surface area contributed by atoms with Gasteiger partial charge in [-0.05, 0) is 12.8 Å². The average molecular weight is 647 g/mol. The third-order valence-electron chi connectivity index (χ3n) is 8.02. The Balaban J connectivity index is 3.03. The van der Waals surface area contributed by atoms with Crippen molar-refractivity contribution in [2.45, 2.75) is 155 Å². The SMILES string of the molecule is CCCCCCCCCCCCCOCCOCCOCCOCCOCCOCCOCCCCCCCCCCCCC. The molecule has 45 heavy (non-hydrogen) atoms. The third kappa shape index (κ3) is 43.7. The summed E-state index contributed by atoms with van der Waals surface area (Å²) >= 11 is 0. The molecule has 0 spiro atoms. The van der Waals surface area contributed by atoms with Crippen molar-refractivity contribution in [3.63, 3.8) is 0 Å². The molecule has 0 aromatic heterocycles. The van der Waals surface area contributed by atoms with Crippen molar-refractivity contribution in [2.75, 3.05) is 92.5 Å². The fraction of sp³-hybridized carbons (Fsp3) is 1.00. The van der Waals surface area contributed by atoms with Gasteiger partial charge < -0.3 is 33.2 Å². The molecule has 7 heteroatoms. The van der Waals surface area contributed by atoms with Gasteiger partial charge in [-0.25, -0.2) is 0 Å². The van der Waals surface area contributed by atoms with E-state index in [9.17, 15) is 0 Å². The smallest absolute Gasteiger partial charge is 0.0701 e. The molecule has 0 N–H and O–H groups in total. The van der Waals surface area contributed by atoms with Crippen molar-refractivity contribution in [2.24, 2.45) is 0 Å². The lowest BCUT2D eigenvalue weighted by atomic mass is 10.1. The maximum Gasteiger partial charge on any atom is 0.0701 e. The second-order valence-corrected chi connectivity index (χ2v) is 12.4. The minimum atomic E-state index is 0.568. The van der Waals surface area contributed by atoms with Crippen LogP contribution in [0.3, 0.4) is 0 Å². The van der Waals surface area contributed by atoms with Gasteiger partial charge in [-0.15, -0.1) is 0 Å². The fourth-order valence-corrected chi connectivity index (χ4v) is 5.16. The van der Waals surface area contributed by atoms with Gasteiger partial charge in [0.05, 0.1) is 79.3 Å². The summed E-state index contributed by atoms with van der Waals surface area (Å²) in [6.45, 7) is 13.5. The summed E-state index contributed by atoms with van der Waals surface area (Å²) in [5.74, 6) is 0. The maximum absolute atomic E-state index is 5.67. The molecule has 0 unspecified atom stereocenters. The van der Waals surface area contributed by atoms with E-state index in [0.717, 1.165) is 26.1 Å². The first-order chi connectivity index (χ1) is 22.4. The Hall–Kier alpha value is -0.280. The minimum Gasteiger partial charge on any atom is -0.379 e. The first-order valence-electron chi connectivity index (χ1n) is 19.5. The average Bonchev–Trinajstić information content (AvgIpc) is 3.05. The minimum absolute atomic E-state index is 0.568. The van der Waals surface area contributed by atoms with Crippen LogP contribution in [-0.4, -0.2) is 92.5 Å². The van der Waals surface area contributed by atoms with Crippen molar-refractivity contribution in [3.05, 3.63) is 0 Å². The highest BCUT2D eigenvalue weighted by atomic mass is 16.6. The fourth-order valence-electron chi connectivity index (χ4n) is 5.16. The lowest BCUT2D eigenvalue weighted by Crippen LogP contribution is -2.14. The second kappa shape index (κ2) is 43.7. The van der Waals surface area contributed by atoms with Gasteiger partial charge in [0.1, 0.15) is 0 Å². The Morgan fingerprint density at radius 1 is 0.178 bits per heavy atom. The van der Waals surface area contributed by atoms with Crippen molar-refractivity contribution in [3.8, 4) is 0 Å². The van der Waals surface area contributed by atoms with Crippen molar-refractivity contribution in [1.29, 1.82) is 0 Å². The molecular formula is C38H78O7. The Labute approximate surface area is 280 Å². The van der Waals surface area contributed by atoms with E-state index < -0.39 is 0 Å². The summed E-state index contributed by atoms with van der Waals surface area (Å²) in [7, 11) is 0. The van der Waals surface area contributed by atoms with Gasteiger partial charge in [0, 0.05) is 13.2 Å². The Bertz CT molecular complexity index is 453. The molecule has 0 radical (unpaired) electrons. The zero-order chi connectivity index (χ0) is 32.4. The highest BCUT2D eigenvalue weighted by molar-refractivity contribution is 4.49. The largest absolute Gasteiger partial charge is 0.379 e. The molecule has 0 aliphatic carbocycles. The molecular weight excluding hydrogens is 568 g/mol. The second-order valence-electron chi connectivity index (χ2n) is 12.4. The van der Waals surface area contributed by atoms with Gasteiger partial charge in [0.15, 0.2) is 0 Å². The van der Waals surface area contributed by atoms with E-state index in [0.29, 0.717) is 79.3 Å². The van der Waals surface area contributed by atoms with Crippen molar-refractivity contribution >= 4 is 0 Å². The van der Waals surface area contributed by atoms with E-state index >= 15 is 0 Å². The number of hydrogen-bond donors (Lipinski definition) is 0. The molecule has 0 rings (SSSR count). The molecule has 0 heterocycles. The van der Waals surface area contributed by atoms with Crippen molar-refractivity contribution in [1.82, 2.24) is 0 Å². The van der Waals surface area contributed by atoms with Gasteiger partial charge >= 0.3 is 0 Å². The molecule has 7 nitrogen and oxygen atoms in total.